The van der Waals surface area contributed by atoms with Gasteiger partial charge in [-0.15, -0.1) is 0 Å². The molecule has 1 aliphatic rings. The molecule has 0 aliphatic carbocycles. The van der Waals surface area contributed by atoms with Gasteiger partial charge in [0, 0.05) is 50.7 Å². The van der Waals surface area contributed by atoms with Crippen molar-refractivity contribution in [3.8, 4) is 0 Å². The summed E-state index contributed by atoms with van der Waals surface area (Å²) < 4.78 is 0. The monoisotopic (exact) mass is 249 g/mol. The van der Waals surface area contributed by atoms with Crippen LogP contribution in [0.15, 0.2) is 12.4 Å². The number of hydrogen-bond acceptors (Lipinski definition) is 5. The average molecular weight is 249 g/mol. The number of aromatic nitrogens is 2. The zero-order valence-electron chi connectivity index (χ0n) is 11.6. The molecule has 2 heterocycles. The van der Waals surface area contributed by atoms with Gasteiger partial charge in [-0.1, -0.05) is 0 Å². The molecule has 100 valence electrons. The Kier molecular flexibility index (Phi) is 3.82. The molecular formula is C13H23N5. The predicted octanol–water partition coefficient (Wildman–Crippen LogP) is 0.856. The maximum absolute atomic E-state index is 5.71. The fourth-order valence-electron chi connectivity index (χ4n) is 2.36. The molecule has 0 bridgehead atoms. The van der Waals surface area contributed by atoms with Crippen LogP contribution >= 0.6 is 0 Å². The molecule has 1 saturated heterocycles. The Balaban J connectivity index is 2.06. The second kappa shape index (κ2) is 5.20. The van der Waals surface area contributed by atoms with Crippen LogP contribution in [0.4, 0.5) is 5.82 Å². The molecule has 0 saturated carbocycles. The highest BCUT2D eigenvalue weighted by Gasteiger charge is 2.27. The molecule has 2 N–H and O–H groups in total. The van der Waals surface area contributed by atoms with Crippen molar-refractivity contribution in [3.63, 3.8) is 0 Å². The number of piperazine rings is 1. The van der Waals surface area contributed by atoms with Crippen LogP contribution < -0.4 is 10.6 Å². The van der Waals surface area contributed by atoms with Crippen molar-refractivity contribution < 1.29 is 0 Å². The van der Waals surface area contributed by atoms with Crippen molar-refractivity contribution in [2.45, 2.75) is 32.9 Å². The van der Waals surface area contributed by atoms with Crippen LogP contribution in [0.1, 0.15) is 26.5 Å². The zero-order chi connectivity index (χ0) is 13.2. The molecule has 0 radical (unpaired) electrons. The first kappa shape index (κ1) is 13.2. The molecular weight excluding hydrogens is 226 g/mol. The molecule has 0 spiro atoms. The minimum Gasteiger partial charge on any atom is -0.352 e. The van der Waals surface area contributed by atoms with E-state index >= 15 is 0 Å². The molecule has 0 amide bonds. The van der Waals surface area contributed by atoms with Crippen molar-refractivity contribution in [2.75, 3.05) is 31.1 Å². The van der Waals surface area contributed by atoms with Gasteiger partial charge in [-0.05, 0) is 20.8 Å². The van der Waals surface area contributed by atoms with Crippen LogP contribution in [0.3, 0.4) is 0 Å². The Morgan fingerprint density at radius 3 is 2.28 bits per heavy atom. The van der Waals surface area contributed by atoms with E-state index in [4.69, 9.17) is 5.73 Å². The third-order valence-corrected chi connectivity index (χ3v) is 3.47. The summed E-state index contributed by atoms with van der Waals surface area (Å²) in [6, 6.07) is 0. The Morgan fingerprint density at radius 1 is 1.11 bits per heavy atom. The fourth-order valence-corrected chi connectivity index (χ4v) is 2.36. The molecule has 1 fully saturated rings. The molecule has 0 atom stereocenters. The smallest absolute Gasteiger partial charge is 0.151 e. The van der Waals surface area contributed by atoms with Gasteiger partial charge in [0.25, 0.3) is 0 Å². The number of nitrogens with two attached hydrogens (primary N) is 1. The van der Waals surface area contributed by atoms with Crippen LogP contribution in [0.25, 0.3) is 0 Å². The van der Waals surface area contributed by atoms with Crippen molar-refractivity contribution in [1.29, 1.82) is 0 Å². The summed E-state index contributed by atoms with van der Waals surface area (Å²) in [5, 5.41) is 0. The quantitative estimate of drug-likeness (QED) is 0.842. The minimum absolute atomic E-state index is 0.241. The molecule has 0 aromatic carbocycles. The van der Waals surface area contributed by atoms with Crippen LogP contribution in [-0.4, -0.2) is 46.6 Å². The summed E-state index contributed by atoms with van der Waals surface area (Å²) in [4.78, 5) is 13.5. The zero-order valence-corrected chi connectivity index (χ0v) is 11.6. The molecule has 0 unspecified atom stereocenters. The minimum atomic E-state index is 0.241. The number of rotatable bonds is 2. The highest BCUT2D eigenvalue weighted by Crippen LogP contribution is 2.20. The predicted molar refractivity (Wildman–Crippen MR) is 73.5 cm³/mol. The van der Waals surface area contributed by atoms with E-state index < -0.39 is 0 Å². The van der Waals surface area contributed by atoms with Gasteiger partial charge in [-0.25, -0.2) is 4.98 Å². The van der Waals surface area contributed by atoms with E-state index in [-0.39, 0.29) is 5.54 Å². The van der Waals surface area contributed by atoms with Gasteiger partial charge in [0.1, 0.15) is 0 Å². The van der Waals surface area contributed by atoms with E-state index in [0.717, 1.165) is 37.7 Å². The van der Waals surface area contributed by atoms with Gasteiger partial charge in [0.15, 0.2) is 5.82 Å². The maximum atomic E-state index is 5.71. The standard InChI is InChI=1S/C13H23N5/c1-13(2,3)18-8-6-17(7-9-18)12-11(10-14)15-4-5-16-12/h4-5H,6-10,14H2,1-3H3. The molecule has 18 heavy (non-hydrogen) atoms. The van der Waals surface area contributed by atoms with Crippen LogP contribution in [0.2, 0.25) is 0 Å². The lowest BCUT2D eigenvalue weighted by Crippen LogP contribution is -2.53. The van der Waals surface area contributed by atoms with Gasteiger partial charge in [0.2, 0.25) is 0 Å². The third-order valence-electron chi connectivity index (χ3n) is 3.47. The summed E-state index contributed by atoms with van der Waals surface area (Å²) in [5.74, 6) is 0.952. The lowest BCUT2D eigenvalue weighted by atomic mass is 10.0. The molecule has 5 heteroatoms. The Hall–Kier alpha value is -1.20. The van der Waals surface area contributed by atoms with E-state index in [9.17, 15) is 0 Å². The highest BCUT2D eigenvalue weighted by molar-refractivity contribution is 5.43. The van der Waals surface area contributed by atoms with Crippen molar-refractivity contribution in [1.82, 2.24) is 14.9 Å². The van der Waals surface area contributed by atoms with Crippen molar-refractivity contribution in [3.05, 3.63) is 18.1 Å². The van der Waals surface area contributed by atoms with E-state index in [2.05, 4.69) is 40.5 Å². The summed E-state index contributed by atoms with van der Waals surface area (Å²) in [7, 11) is 0. The van der Waals surface area contributed by atoms with E-state index in [1.165, 1.54) is 0 Å². The Labute approximate surface area is 109 Å². The van der Waals surface area contributed by atoms with Gasteiger partial charge in [-0.3, -0.25) is 9.88 Å². The fraction of sp³-hybridized carbons (Fsp3) is 0.692. The molecule has 1 aliphatic heterocycles. The average Bonchev–Trinajstić information content (AvgIpc) is 2.38. The van der Waals surface area contributed by atoms with Crippen molar-refractivity contribution >= 4 is 5.82 Å². The summed E-state index contributed by atoms with van der Waals surface area (Å²) in [6.45, 7) is 11.3. The second-order valence-corrected chi connectivity index (χ2v) is 5.68. The maximum Gasteiger partial charge on any atom is 0.151 e. The Bertz CT molecular complexity index is 391. The lowest BCUT2D eigenvalue weighted by Gasteiger charge is -2.42. The SMILES string of the molecule is CC(C)(C)N1CCN(c2nccnc2CN)CC1. The third kappa shape index (κ3) is 2.79. The van der Waals surface area contributed by atoms with Crippen LogP contribution in [-0.2, 0) is 6.54 Å². The van der Waals surface area contributed by atoms with Crippen LogP contribution in [0, 0.1) is 0 Å². The lowest BCUT2D eigenvalue weighted by molar-refractivity contribution is 0.128. The molecule has 5 nitrogen and oxygen atoms in total. The Morgan fingerprint density at radius 2 is 1.72 bits per heavy atom. The van der Waals surface area contributed by atoms with Gasteiger partial charge in [-0.2, -0.15) is 0 Å². The largest absolute Gasteiger partial charge is 0.352 e. The van der Waals surface area contributed by atoms with E-state index in [0.29, 0.717) is 6.54 Å². The summed E-state index contributed by atoms with van der Waals surface area (Å²) in [6.07, 6.45) is 3.45. The second-order valence-electron chi connectivity index (χ2n) is 5.68. The van der Waals surface area contributed by atoms with Gasteiger partial charge in [0.05, 0.1) is 5.69 Å². The highest BCUT2D eigenvalue weighted by atomic mass is 15.3. The number of anilines is 1. The first-order valence-electron chi connectivity index (χ1n) is 6.52. The molecule has 1 aromatic rings. The van der Waals surface area contributed by atoms with Crippen LogP contribution in [0.5, 0.6) is 0 Å². The first-order valence-corrected chi connectivity index (χ1v) is 6.52. The molecule has 1 aromatic heterocycles. The summed E-state index contributed by atoms with van der Waals surface area (Å²) >= 11 is 0. The molecule has 2 rings (SSSR count). The number of hydrogen-bond donors (Lipinski definition) is 1. The van der Waals surface area contributed by atoms with E-state index in [1.807, 2.05) is 0 Å². The topological polar surface area (TPSA) is 58.3 Å². The van der Waals surface area contributed by atoms with Crippen molar-refractivity contribution in [2.24, 2.45) is 5.73 Å². The number of nitrogens with zero attached hydrogens (tertiary/aromatic N) is 4. The summed E-state index contributed by atoms with van der Waals surface area (Å²) in [5.41, 5.74) is 6.85. The van der Waals surface area contributed by atoms with Gasteiger partial charge >= 0.3 is 0 Å². The van der Waals surface area contributed by atoms with Gasteiger partial charge < -0.3 is 10.6 Å². The first-order chi connectivity index (χ1) is 8.52. The normalized spacial score (nSPS) is 18.1. The van der Waals surface area contributed by atoms with E-state index in [1.54, 1.807) is 12.4 Å².